The Morgan fingerprint density at radius 1 is 1.25 bits per heavy atom. The van der Waals surface area contributed by atoms with Crippen LogP contribution in [0.25, 0.3) is 0 Å². The largest absolute Gasteiger partial charge is 0.285 e. The highest BCUT2D eigenvalue weighted by Crippen LogP contribution is 2.16. The number of hydrogen-bond donors (Lipinski definition) is 1. The Morgan fingerprint density at radius 3 is 2.25 bits per heavy atom. The summed E-state index contributed by atoms with van der Waals surface area (Å²) in [5.74, 6) is -0.318. The monoisotopic (exact) mass is 227 g/mol. The second kappa shape index (κ2) is 8.34. The zero-order valence-electron chi connectivity index (χ0n) is 10.8. The lowest BCUT2D eigenvalue weighted by molar-refractivity contribution is -0.170. The molecule has 0 aliphatic rings. The Bertz CT molecular complexity index is 226. The summed E-state index contributed by atoms with van der Waals surface area (Å²) in [5, 5.41) is 10.4. The predicted octanol–water partition coefficient (Wildman–Crippen LogP) is 3.53. The number of hydrogen-bond acceptors (Lipinski definition) is 2. The molecule has 0 aliphatic carbocycles. The van der Waals surface area contributed by atoms with Gasteiger partial charge in [-0.2, -0.15) is 0 Å². The minimum atomic E-state index is -0.318. The van der Waals surface area contributed by atoms with Crippen molar-refractivity contribution in [3.05, 3.63) is 12.2 Å². The zero-order chi connectivity index (χ0) is 12.6. The highest BCUT2D eigenvalue weighted by Gasteiger charge is 2.19. The van der Waals surface area contributed by atoms with E-state index in [-0.39, 0.29) is 11.9 Å². The third kappa shape index (κ3) is 5.91. The van der Waals surface area contributed by atoms with Crippen molar-refractivity contribution in [2.45, 2.75) is 65.3 Å². The van der Waals surface area contributed by atoms with Gasteiger partial charge >= 0.3 is 0 Å². The molecule has 3 heteroatoms. The number of carbonyl (C=O) groups excluding carboxylic acids is 1. The maximum atomic E-state index is 11.1. The van der Waals surface area contributed by atoms with Gasteiger partial charge in [-0.25, -0.2) is 5.06 Å². The first-order valence-corrected chi connectivity index (χ1v) is 6.14. The van der Waals surface area contributed by atoms with E-state index < -0.39 is 0 Å². The molecule has 0 aromatic heterocycles. The number of rotatable bonds is 8. The van der Waals surface area contributed by atoms with Crippen LogP contribution in [0.2, 0.25) is 0 Å². The van der Waals surface area contributed by atoms with E-state index in [0.717, 1.165) is 29.9 Å². The van der Waals surface area contributed by atoms with E-state index in [9.17, 15) is 10.0 Å². The summed E-state index contributed by atoms with van der Waals surface area (Å²) < 4.78 is 0. The number of hydroxylamine groups is 2. The van der Waals surface area contributed by atoms with Crippen LogP contribution in [-0.2, 0) is 4.79 Å². The maximum absolute atomic E-state index is 11.1. The standard InChI is InChI=1S/C13H25NO2/c1-5-6-7-8-9-10-13(11(2)3)14(16)12(4)15/h13,16H,2,5-10H2,1,3-4H3. The van der Waals surface area contributed by atoms with Crippen molar-refractivity contribution in [1.82, 2.24) is 5.06 Å². The van der Waals surface area contributed by atoms with Crippen LogP contribution in [0.5, 0.6) is 0 Å². The van der Waals surface area contributed by atoms with Crippen molar-refractivity contribution in [3.63, 3.8) is 0 Å². The average Bonchev–Trinajstić information content (AvgIpc) is 2.21. The molecular weight excluding hydrogens is 202 g/mol. The van der Waals surface area contributed by atoms with Crippen LogP contribution in [0.4, 0.5) is 0 Å². The van der Waals surface area contributed by atoms with E-state index in [0.29, 0.717) is 0 Å². The number of carbonyl (C=O) groups is 1. The Hall–Kier alpha value is -0.830. The quantitative estimate of drug-likeness (QED) is 0.298. The Labute approximate surface area is 99.1 Å². The molecule has 16 heavy (non-hydrogen) atoms. The van der Waals surface area contributed by atoms with Crippen molar-refractivity contribution >= 4 is 5.91 Å². The molecule has 1 amide bonds. The van der Waals surface area contributed by atoms with Gasteiger partial charge in [0.25, 0.3) is 0 Å². The summed E-state index contributed by atoms with van der Waals surface area (Å²) in [4.78, 5) is 11.1. The second-order valence-electron chi connectivity index (χ2n) is 4.43. The van der Waals surface area contributed by atoms with Crippen LogP contribution in [0.3, 0.4) is 0 Å². The molecule has 0 saturated heterocycles. The van der Waals surface area contributed by atoms with Crippen LogP contribution in [0.15, 0.2) is 12.2 Å². The molecule has 0 rings (SSSR count). The first-order chi connectivity index (χ1) is 7.50. The normalized spacial score (nSPS) is 12.2. The van der Waals surface area contributed by atoms with Gasteiger partial charge in [-0.3, -0.25) is 10.0 Å². The molecule has 0 aromatic carbocycles. The summed E-state index contributed by atoms with van der Waals surface area (Å²) in [6, 6.07) is -0.223. The Morgan fingerprint density at radius 2 is 1.81 bits per heavy atom. The molecule has 0 saturated carbocycles. The number of unbranched alkanes of at least 4 members (excludes halogenated alkanes) is 4. The molecule has 1 unspecified atom stereocenters. The maximum Gasteiger partial charge on any atom is 0.243 e. The van der Waals surface area contributed by atoms with Crippen LogP contribution < -0.4 is 0 Å². The number of nitrogens with zero attached hydrogens (tertiary/aromatic N) is 1. The Kier molecular flexibility index (Phi) is 7.90. The van der Waals surface area contributed by atoms with E-state index in [1.807, 2.05) is 6.92 Å². The molecule has 3 nitrogen and oxygen atoms in total. The zero-order valence-corrected chi connectivity index (χ0v) is 10.8. The summed E-state index contributed by atoms with van der Waals surface area (Å²) in [6.45, 7) is 9.22. The third-order valence-electron chi connectivity index (χ3n) is 2.77. The minimum Gasteiger partial charge on any atom is -0.285 e. The smallest absolute Gasteiger partial charge is 0.243 e. The van der Waals surface area contributed by atoms with Gasteiger partial charge in [0.05, 0.1) is 6.04 Å². The summed E-state index contributed by atoms with van der Waals surface area (Å²) in [5.41, 5.74) is 0.841. The molecule has 0 aliphatic heterocycles. The third-order valence-corrected chi connectivity index (χ3v) is 2.77. The minimum absolute atomic E-state index is 0.223. The van der Waals surface area contributed by atoms with Gasteiger partial charge in [0.1, 0.15) is 0 Å². The molecule has 1 atom stereocenters. The van der Waals surface area contributed by atoms with Crippen molar-refractivity contribution in [3.8, 4) is 0 Å². The molecule has 0 aromatic rings. The van der Waals surface area contributed by atoms with Gasteiger partial charge < -0.3 is 0 Å². The number of amides is 1. The van der Waals surface area contributed by atoms with Gasteiger partial charge in [0.2, 0.25) is 5.91 Å². The van der Waals surface area contributed by atoms with E-state index in [1.54, 1.807) is 0 Å². The fourth-order valence-electron chi connectivity index (χ4n) is 1.74. The molecular formula is C13H25NO2. The van der Waals surface area contributed by atoms with Gasteiger partial charge in [-0.1, -0.05) is 51.2 Å². The first kappa shape index (κ1) is 15.2. The highest BCUT2D eigenvalue weighted by molar-refractivity contribution is 5.72. The molecule has 0 spiro atoms. The molecule has 0 radical (unpaired) electrons. The Balaban J connectivity index is 3.96. The van der Waals surface area contributed by atoms with Crippen molar-refractivity contribution < 1.29 is 10.0 Å². The average molecular weight is 227 g/mol. The lowest BCUT2D eigenvalue weighted by atomic mass is 10.0. The topological polar surface area (TPSA) is 40.5 Å². The van der Waals surface area contributed by atoms with Gasteiger partial charge in [0.15, 0.2) is 0 Å². The second-order valence-corrected chi connectivity index (χ2v) is 4.43. The summed E-state index contributed by atoms with van der Waals surface area (Å²) in [7, 11) is 0. The fourth-order valence-corrected chi connectivity index (χ4v) is 1.74. The predicted molar refractivity (Wildman–Crippen MR) is 66.3 cm³/mol. The van der Waals surface area contributed by atoms with Gasteiger partial charge in [-0.15, -0.1) is 0 Å². The molecule has 0 heterocycles. The van der Waals surface area contributed by atoms with E-state index >= 15 is 0 Å². The van der Waals surface area contributed by atoms with Crippen LogP contribution in [0.1, 0.15) is 59.3 Å². The summed E-state index contributed by atoms with van der Waals surface area (Å²) >= 11 is 0. The van der Waals surface area contributed by atoms with E-state index in [4.69, 9.17) is 0 Å². The van der Waals surface area contributed by atoms with Crippen molar-refractivity contribution in [1.29, 1.82) is 0 Å². The molecule has 0 bridgehead atoms. The van der Waals surface area contributed by atoms with Crippen molar-refractivity contribution in [2.75, 3.05) is 0 Å². The lowest BCUT2D eigenvalue weighted by Crippen LogP contribution is -2.36. The van der Waals surface area contributed by atoms with Crippen molar-refractivity contribution in [2.24, 2.45) is 0 Å². The van der Waals surface area contributed by atoms with E-state index in [1.165, 1.54) is 26.2 Å². The van der Waals surface area contributed by atoms with Gasteiger partial charge in [-0.05, 0) is 13.3 Å². The van der Waals surface area contributed by atoms with E-state index in [2.05, 4.69) is 13.5 Å². The van der Waals surface area contributed by atoms with Crippen LogP contribution >= 0.6 is 0 Å². The summed E-state index contributed by atoms with van der Waals surface area (Å²) in [6.07, 6.45) is 6.70. The van der Waals surface area contributed by atoms with Crippen LogP contribution in [-0.4, -0.2) is 22.2 Å². The van der Waals surface area contributed by atoms with Gasteiger partial charge in [0, 0.05) is 6.92 Å². The van der Waals surface area contributed by atoms with Crippen LogP contribution in [0, 0.1) is 0 Å². The lowest BCUT2D eigenvalue weighted by Gasteiger charge is -2.25. The fraction of sp³-hybridized carbons (Fsp3) is 0.769. The molecule has 94 valence electrons. The first-order valence-electron chi connectivity index (χ1n) is 6.14. The molecule has 0 fully saturated rings. The SMILES string of the molecule is C=C(C)C(CCCCCCC)N(O)C(C)=O. The molecule has 1 N–H and O–H groups in total. The highest BCUT2D eigenvalue weighted by atomic mass is 16.5.